The van der Waals surface area contributed by atoms with E-state index in [0.717, 1.165) is 23.4 Å². The number of anilines is 1. The van der Waals surface area contributed by atoms with Gasteiger partial charge < -0.3 is 15.4 Å². The molecule has 1 aromatic carbocycles. The average molecular weight is 405 g/mol. The fraction of sp³-hybridized carbons (Fsp3) is 0.571. The highest BCUT2D eigenvalue weighted by Gasteiger charge is 2.32. The van der Waals surface area contributed by atoms with Crippen molar-refractivity contribution in [1.82, 2.24) is 5.32 Å². The lowest BCUT2D eigenvalue weighted by Crippen LogP contribution is -2.47. The zero-order valence-electron chi connectivity index (χ0n) is 16.6. The van der Waals surface area contributed by atoms with Crippen molar-refractivity contribution in [3.05, 3.63) is 24.3 Å². The van der Waals surface area contributed by atoms with E-state index >= 15 is 0 Å². The standard InChI is InChI=1S/C21H28N2O4S/c1-12-7-6-9-15(13(12)2)22-20(25)14(3)27-19(24)11-18-21(26)23-16-8-4-5-10-17(16)28-18/h4-5,8,10,12-15,18H,6-7,9,11H2,1-3H3,(H,22,25)(H,23,26)/t12-,13+,14+,15-,18+/m0/s1. The second-order valence-corrected chi connectivity index (χ2v) is 9.06. The number of fused-ring (bicyclic) bond motifs is 1. The zero-order valence-corrected chi connectivity index (χ0v) is 17.4. The van der Waals surface area contributed by atoms with Gasteiger partial charge >= 0.3 is 5.97 Å². The number of amides is 2. The van der Waals surface area contributed by atoms with Gasteiger partial charge in [0.15, 0.2) is 6.10 Å². The van der Waals surface area contributed by atoms with Crippen molar-refractivity contribution in [1.29, 1.82) is 0 Å². The molecule has 1 saturated carbocycles. The van der Waals surface area contributed by atoms with E-state index in [4.69, 9.17) is 4.74 Å². The maximum Gasteiger partial charge on any atom is 0.308 e. The summed E-state index contributed by atoms with van der Waals surface area (Å²) in [5, 5.41) is 5.28. The Morgan fingerprint density at radius 2 is 2.04 bits per heavy atom. The summed E-state index contributed by atoms with van der Waals surface area (Å²) in [4.78, 5) is 37.9. The number of hydrogen-bond donors (Lipinski definition) is 2. The normalized spacial score (nSPS) is 27.9. The maximum atomic E-state index is 12.4. The molecule has 152 valence electrons. The quantitative estimate of drug-likeness (QED) is 0.735. The number of hydrogen-bond acceptors (Lipinski definition) is 5. The van der Waals surface area contributed by atoms with Gasteiger partial charge in [0.25, 0.3) is 5.91 Å². The van der Waals surface area contributed by atoms with Crippen molar-refractivity contribution >= 4 is 35.2 Å². The molecule has 1 aromatic rings. The summed E-state index contributed by atoms with van der Waals surface area (Å²) in [5.41, 5.74) is 0.755. The molecular weight excluding hydrogens is 376 g/mol. The number of para-hydroxylation sites is 1. The number of thioether (sulfide) groups is 1. The molecule has 0 saturated heterocycles. The first-order chi connectivity index (χ1) is 13.3. The maximum absolute atomic E-state index is 12.4. The second-order valence-electron chi connectivity index (χ2n) is 7.81. The van der Waals surface area contributed by atoms with Gasteiger partial charge in [0.05, 0.1) is 17.4 Å². The van der Waals surface area contributed by atoms with Crippen molar-refractivity contribution in [3.8, 4) is 0 Å². The molecule has 5 atom stereocenters. The number of rotatable bonds is 5. The molecule has 0 radical (unpaired) electrons. The Hall–Kier alpha value is -2.02. The third kappa shape index (κ3) is 4.87. The van der Waals surface area contributed by atoms with Gasteiger partial charge in [-0.3, -0.25) is 14.4 Å². The van der Waals surface area contributed by atoms with Crippen LogP contribution in [0.4, 0.5) is 5.69 Å². The summed E-state index contributed by atoms with van der Waals surface area (Å²) < 4.78 is 5.31. The van der Waals surface area contributed by atoms with E-state index in [0.29, 0.717) is 11.8 Å². The molecule has 6 nitrogen and oxygen atoms in total. The number of esters is 1. The minimum Gasteiger partial charge on any atom is -0.453 e. The van der Waals surface area contributed by atoms with Gasteiger partial charge in [-0.1, -0.05) is 38.8 Å². The minimum absolute atomic E-state index is 0.0701. The Balaban J connectivity index is 1.50. The van der Waals surface area contributed by atoms with E-state index in [1.54, 1.807) is 6.92 Å². The molecule has 3 rings (SSSR count). The van der Waals surface area contributed by atoms with Crippen LogP contribution in [-0.2, 0) is 19.1 Å². The van der Waals surface area contributed by atoms with Crippen LogP contribution in [0, 0.1) is 11.8 Å². The van der Waals surface area contributed by atoms with Gasteiger partial charge in [-0.25, -0.2) is 0 Å². The van der Waals surface area contributed by atoms with Crippen LogP contribution in [0.25, 0.3) is 0 Å². The van der Waals surface area contributed by atoms with Crippen LogP contribution < -0.4 is 10.6 Å². The number of benzene rings is 1. The smallest absolute Gasteiger partial charge is 0.308 e. The number of ether oxygens (including phenoxy) is 1. The first kappa shape index (κ1) is 20.7. The summed E-state index contributed by atoms with van der Waals surface area (Å²) in [6, 6.07) is 7.59. The summed E-state index contributed by atoms with van der Waals surface area (Å²) in [5.74, 6) is -0.0578. The van der Waals surface area contributed by atoms with E-state index in [1.165, 1.54) is 18.2 Å². The molecule has 2 amide bonds. The average Bonchev–Trinajstić information content (AvgIpc) is 2.66. The second kappa shape index (κ2) is 8.99. The first-order valence-electron chi connectivity index (χ1n) is 9.91. The largest absolute Gasteiger partial charge is 0.453 e. The fourth-order valence-electron chi connectivity index (χ4n) is 3.76. The molecule has 0 bridgehead atoms. The van der Waals surface area contributed by atoms with Crippen LogP contribution in [0.15, 0.2) is 29.2 Å². The highest BCUT2D eigenvalue weighted by molar-refractivity contribution is 8.01. The summed E-state index contributed by atoms with van der Waals surface area (Å²) >= 11 is 1.34. The monoisotopic (exact) mass is 404 g/mol. The SMILES string of the molecule is C[C@H]1[C@@H](NC(=O)[C@@H](C)OC(=O)C[C@H]2Sc3ccccc3NC2=O)CCC[C@@H]1C. The van der Waals surface area contributed by atoms with Crippen molar-refractivity contribution in [2.45, 2.75) is 68.7 Å². The molecule has 0 unspecified atom stereocenters. The molecule has 7 heteroatoms. The number of carbonyl (C=O) groups is 3. The first-order valence-corrected chi connectivity index (χ1v) is 10.8. The van der Waals surface area contributed by atoms with Crippen LogP contribution in [-0.4, -0.2) is 35.2 Å². The summed E-state index contributed by atoms with van der Waals surface area (Å²) in [6.07, 6.45) is 2.29. The molecule has 2 aliphatic rings. The zero-order chi connectivity index (χ0) is 20.3. The van der Waals surface area contributed by atoms with Gasteiger partial charge in [0.1, 0.15) is 0 Å². The van der Waals surface area contributed by atoms with E-state index in [-0.39, 0.29) is 24.3 Å². The topological polar surface area (TPSA) is 84.5 Å². The number of nitrogens with one attached hydrogen (secondary N) is 2. The Morgan fingerprint density at radius 1 is 1.29 bits per heavy atom. The highest BCUT2D eigenvalue weighted by atomic mass is 32.2. The van der Waals surface area contributed by atoms with Crippen molar-refractivity contribution in [2.75, 3.05) is 5.32 Å². The van der Waals surface area contributed by atoms with Crippen LogP contribution in [0.1, 0.15) is 46.5 Å². The lowest BCUT2D eigenvalue weighted by Gasteiger charge is -2.35. The predicted octanol–water partition coefficient (Wildman–Crippen LogP) is 3.36. The van der Waals surface area contributed by atoms with Gasteiger partial charge in [0, 0.05) is 10.9 Å². The van der Waals surface area contributed by atoms with Gasteiger partial charge in [-0.15, -0.1) is 11.8 Å². The van der Waals surface area contributed by atoms with E-state index in [1.807, 2.05) is 24.3 Å². The lowest BCUT2D eigenvalue weighted by atomic mass is 9.78. The van der Waals surface area contributed by atoms with Gasteiger partial charge in [0.2, 0.25) is 5.91 Å². The Kier molecular flexibility index (Phi) is 6.65. The number of carbonyl (C=O) groups excluding carboxylic acids is 3. The third-order valence-electron chi connectivity index (χ3n) is 5.77. The predicted molar refractivity (Wildman–Crippen MR) is 109 cm³/mol. The highest BCUT2D eigenvalue weighted by Crippen LogP contribution is 2.36. The third-order valence-corrected chi connectivity index (χ3v) is 7.05. The Morgan fingerprint density at radius 3 is 2.82 bits per heavy atom. The molecule has 1 fully saturated rings. The fourth-order valence-corrected chi connectivity index (χ4v) is 4.86. The van der Waals surface area contributed by atoms with Crippen molar-refractivity contribution in [2.24, 2.45) is 11.8 Å². The van der Waals surface area contributed by atoms with Crippen LogP contribution in [0.2, 0.25) is 0 Å². The molecular formula is C21H28N2O4S. The molecule has 0 aromatic heterocycles. The van der Waals surface area contributed by atoms with Crippen LogP contribution >= 0.6 is 11.8 Å². The van der Waals surface area contributed by atoms with Gasteiger partial charge in [-0.05, 0) is 37.3 Å². The molecule has 2 N–H and O–H groups in total. The minimum atomic E-state index is -0.874. The van der Waals surface area contributed by atoms with Crippen molar-refractivity contribution in [3.63, 3.8) is 0 Å². The van der Waals surface area contributed by atoms with E-state index in [9.17, 15) is 14.4 Å². The molecule has 0 spiro atoms. The Labute approximate surface area is 170 Å². The van der Waals surface area contributed by atoms with Crippen molar-refractivity contribution < 1.29 is 19.1 Å². The van der Waals surface area contributed by atoms with Crippen LogP contribution in [0.5, 0.6) is 0 Å². The summed E-state index contributed by atoms with van der Waals surface area (Å²) in [7, 11) is 0. The molecule has 1 aliphatic carbocycles. The lowest BCUT2D eigenvalue weighted by molar-refractivity contribution is -0.155. The van der Waals surface area contributed by atoms with E-state index < -0.39 is 17.3 Å². The molecule has 1 heterocycles. The molecule has 1 aliphatic heterocycles. The van der Waals surface area contributed by atoms with Gasteiger partial charge in [-0.2, -0.15) is 0 Å². The summed E-state index contributed by atoms with van der Waals surface area (Å²) in [6.45, 7) is 5.94. The van der Waals surface area contributed by atoms with Crippen LogP contribution in [0.3, 0.4) is 0 Å². The molecule has 28 heavy (non-hydrogen) atoms. The van der Waals surface area contributed by atoms with E-state index in [2.05, 4.69) is 24.5 Å². The Bertz CT molecular complexity index is 754.